The number of rotatable bonds is 9. The molecule has 92 valence electrons. The van der Waals surface area contributed by atoms with Gasteiger partial charge in [0, 0.05) is 26.3 Å². The van der Waals surface area contributed by atoms with Gasteiger partial charge in [-0.1, -0.05) is 13.8 Å². The van der Waals surface area contributed by atoms with Crippen LogP contribution in [0.4, 0.5) is 0 Å². The van der Waals surface area contributed by atoms with Gasteiger partial charge in [0.2, 0.25) is 0 Å². The van der Waals surface area contributed by atoms with Crippen molar-refractivity contribution in [3.05, 3.63) is 0 Å². The van der Waals surface area contributed by atoms with Crippen molar-refractivity contribution in [2.24, 2.45) is 5.92 Å². The molecule has 0 amide bonds. The van der Waals surface area contributed by atoms with Gasteiger partial charge in [0.15, 0.2) is 6.29 Å². The normalized spacial score (nSPS) is 13.8. The summed E-state index contributed by atoms with van der Waals surface area (Å²) in [5.41, 5.74) is 0. The van der Waals surface area contributed by atoms with E-state index in [-0.39, 0.29) is 18.3 Å². The second-order valence-electron chi connectivity index (χ2n) is 3.81. The molecule has 0 aliphatic rings. The minimum absolute atomic E-state index is 0.209. The molecule has 0 aliphatic heterocycles. The van der Waals surface area contributed by atoms with Gasteiger partial charge in [-0.05, 0) is 19.8 Å². The van der Waals surface area contributed by atoms with E-state index in [2.05, 4.69) is 5.32 Å². The molecule has 0 aromatic heterocycles. The first-order valence-corrected chi connectivity index (χ1v) is 5.73. The Morgan fingerprint density at radius 3 is 2.00 bits per heavy atom. The Bertz CT molecular complexity index is 136. The fourth-order valence-electron chi connectivity index (χ4n) is 1.12. The van der Waals surface area contributed by atoms with Crippen molar-refractivity contribution >= 4 is 0 Å². The lowest BCUT2D eigenvalue weighted by molar-refractivity contribution is -0.133. The maximum Gasteiger partial charge on any atom is 0.169 e. The summed E-state index contributed by atoms with van der Waals surface area (Å²) in [6, 6.07) is 0. The standard InChI is InChI=1S/C11H25NO3/c1-5-14-11(15-6-2)8-12-7-10(13)9(3)4/h9-13H,5-8H2,1-4H3. The fraction of sp³-hybridized carbons (Fsp3) is 1.00. The highest BCUT2D eigenvalue weighted by Gasteiger charge is 2.11. The van der Waals surface area contributed by atoms with Gasteiger partial charge in [0.1, 0.15) is 0 Å². The monoisotopic (exact) mass is 219 g/mol. The van der Waals surface area contributed by atoms with Crippen LogP contribution in [-0.4, -0.2) is 43.8 Å². The summed E-state index contributed by atoms with van der Waals surface area (Å²) in [5, 5.41) is 12.7. The number of hydrogen-bond donors (Lipinski definition) is 2. The molecule has 0 aliphatic carbocycles. The molecule has 4 heteroatoms. The molecular formula is C11H25NO3. The molecule has 1 atom stereocenters. The molecule has 0 fully saturated rings. The Morgan fingerprint density at radius 2 is 1.60 bits per heavy atom. The zero-order valence-electron chi connectivity index (χ0n) is 10.3. The maximum atomic E-state index is 9.55. The summed E-state index contributed by atoms with van der Waals surface area (Å²) in [6.45, 7) is 10.3. The SMILES string of the molecule is CCOC(CNCC(O)C(C)C)OCC. The van der Waals surface area contributed by atoms with Crippen molar-refractivity contribution in [3.63, 3.8) is 0 Å². The first kappa shape index (κ1) is 14.8. The minimum Gasteiger partial charge on any atom is -0.392 e. The summed E-state index contributed by atoms with van der Waals surface area (Å²) < 4.78 is 10.7. The highest BCUT2D eigenvalue weighted by Crippen LogP contribution is 1.99. The summed E-state index contributed by atoms with van der Waals surface area (Å²) in [6.07, 6.45) is -0.520. The van der Waals surface area contributed by atoms with Gasteiger partial charge in [-0.2, -0.15) is 0 Å². The number of aliphatic hydroxyl groups excluding tert-OH is 1. The van der Waals surface area contributed by atoms with Crippen LogP contribution in [0.3, 0.4) is 0 Å². The van der Waals surface area contributed by atoms with Crippen LogP contribution in [-0.2, 0) is 9.47 Å². The predicted octanol–water partition coefficient (Wildman–Crippen LogP) is 0.992. The van der Waals surface area contributed by atoms with E-state index in [9.17, 15) is 5.11 Å². The molecule has 0 bridgehead atoms. The van der Waals surface area contributed by atoms with E-state index >= 15 is 0 Å². The van der Waals surface area contributed by atoms with Gasteiger partial charge >= 0.3 is 0 Å². The van der Waals surface area contributed by atoms with E-state index in [4.69, 9.17) is 9.47 Å². The van der Waals surface area contributed by atoms with Crippen LogP contribution in [0.1, 0.15) is 27.7 Å². The molecule has 0 radical (unpaired) electrons. The Kier molecular flexibility index (Phi) is 9.00. The van der Waals surface area contributed by atoms with Crippen molar-refractivity contribution in [1.29, 1.82) is 0 Å². The fourth-order valence-corrected chi connectivity index (χ4v) is 1.12. The molecular weight excluding hydrogens is 194 g/mol. The van der Waals surface area contributed by atoms with Crippen molar-refractivity contribution in [3.8, 4) is 0 Å². The summed E-state index contributed by atoms with van der Waals surface area (Å²) in [5.74, 6) is 0.273. The van der Waals surface area contributed by atoms with Crippen LogP contribution < -0.4 is 5.32 Å². The molecule has 4 nitrogen and oxygen atoms in total. The van der Waals surface area contributed by atoms with Crippen LogP contribution in [0.2, 0.25) is 0 Å². The zero-order valence-corrected chi connectivity index (χ0v) is 10.3. The van der Waals surface area contributed by atoms with Crippen molar-refractivity contribution < 1.29 is 14.6 Å². The molecule has 0 aromatic carbocycles. The lowest BCUT2D eigenvalue weighted by atomic mass is 10.1. The lowest BCUT2D eigenvalue weighted by Crippen LogP contribution is -2.37. The van der Waals surface area contributed by atoms with Crippen LogP contribution in [0.15, 0.2) is 0 Å². The molecule has 0 saturated heterocycles. The van der Waals surface area contributed by atoms with E-state index in [0.29, 0.717) is 26.3 Å². The number of aliphatic hydroxyl groups is 1. The average molecular weight is 219 g/mol. The lowest BCUT2D eigenvalue weighted by Gasteiger charge is -2.20. The summed E-state index contributed by atoms with van der Waals surface area (Å²) in [4.78, 5) is 0. The smallest absolute Gasteiger partial charge is 0.169 e. The second kappa shape index (κ2) is 9.09. The van der Waals surface area contributed by atoms with Crippen molar-refractivity contribution in [2.75, 3.05) is 26.3 Å². The van der Waals surface area contributed by atoms with Gasteiger partial charge in [-0.3, -0.25) is 0 Å². The largest absolute Gasteiger partial charge is 0.392 e. The van der Waals surface area contributed by atoms with Crippen LogP contribution in [0.5, 0.6) is 0 Å². The summed E-state index contributed by atoms with van der Waals surface area (Å²) >= 11 is 0. The van der Waals surface area contributed by atoms with Crippen molar-refractivity contribution in [2.45, 2.75) is 40.1 Å². The first-order chi connectivity index (χ1) is 7.11. The molecule has 1 unspecified atom stereocenters. The van der Waals surface area contributed by atoms with Gasteiger partial charge in [-0.15, -0.1) is 0 Å². The van der Waals surface area contributed by atoms with Crippen LogP contribution in [0, 0.1) is 5.92 Å². The van der Waals surface area contributed by atoms with E-state index in [1.54, 1.807) is 0 Å². The molecule has 0 spiro atoms. The Labute approximate surface area is 93.0 Å². The van der Waals surface area contributed by atoms with Gasteiger partial charge in [0.05, 0.1) is 6.10 Å². The molecule has 0 saturated carbocycles. The first-order valence-electron chi connectivity index (χ1n) is 5.73. The number of nitrogens with one attached hydrogen (secondary N) is 1. The van der Waals surface area contributed by atoms with E-state index in [0.717, 1.165) is 0 Å². The minimum atomic E-state index is -0.311. The van der Waals surface area contributed by atoms with Gasteiger partial charge in [0.25, 0.3) is 0 Å². The topological polar surface area (TPSA) is 50.7 Å². The summed E-state index contributed by atoms with van der Waals surface area (Å²) in [7, 11) is 0. The van der Waals surface area contributed by atoms with Gasteiger partial charge < -0.3 is 19.9 Å². The van der Waals surface area contributed by atoms with Crippen molar-refractivity contribution in [1.82, 2.24) is 5.32 Å². The third-order valence-electron chi connectivity index (χ3n) is 2.14. The predicted molar refractivity (Wildman–Crippen MR) is 60.8 cm³/mol. The quantitative estimate of drug-likeness (QED) is 0.568. The highest BCUT2D eigenvalue weighted by atomic mass is 16.7. The maximum absolute atomic E-state index is 9.55. The highest BCUT2D eigenvalue weighted by molar-refractivity contribution is 4.63. The molecule has 2 N–H and O–H groups in total. The molecule has 0 heterocycles. The number of hydrogen-bond acceptors (Lipinski definition) is 4. The third kappa shape index (κ3) is 7.73. The van der Waals surface area contributed by atoms with E-state index in [1.807, 2.05) is 27.7 Å². The van der Waals surface area contributed by atoms with Gasteiger partial charge in [-0.25, -0.2) is 0 Å². The Balaban J connectivity index is 3.60. The average Bonchev–Trinajstić information content (AvgIpc) is 2.18. The van der Waals surface area contributed by atoms with E-state index < -0.39 is 0 Å². The zero-order chi connectivity index (χ0) is 11.7. The second-order valence-corrected chi connectivity index (χ2v) is 3.81. The Morgan fingerprint density at radius 1 is 1.07 bits per heavy atom. The number of ether oxygens (including phenoxy) is 2. The van der Waals surface area contributed by atoms with E-state index in [1.165, 1.54) is 0 Å². The van der Waals surface area contributed by atoms with Crippen LogP contribution >= 0.6 is 0 Å². The molecule has 0 rings (SSSR count). The van der Waals surface area contributed by atoms with Crippen LogP contribution in [0.25, 0.3) is 0 Å². The third-order valence-corrected chi connectivity index (χ3v) is 2.14. The Hall–Kier alpha value is -0.160. The molecule has 0 aromatic rings. The molecule has 15 heavy (non-hydrogen) atoms.